The van der Waals surface area contributed by atoms with Gasteiger partial charge in [-0.2, -0.15) is 0 Å². The second-order valence-corrected chi connectivity index (χ2v) is 6.87. The minimum Gasteiger partial charge on any atom is -0.359 e. The molecule has 0 saturated heterocycles. The average Bonchev–Trinajstić information content (AvgIpc) is 3.02. The predicted molar refractivity (Wildman–Crippen MR) is 94.1 cm³/mol. The first-order chi connectivity index (χ1) is 12.0. The van der Waals surface area contributed by atoms with Gasteiger partial charge in [-0.3, -0.25) is 9.59 Å². The van der Waals surface area contributed by atoms with Gasteiger partial charge < -0.3 is 14.7 Å². The van der Waals surface area contributed by atoms with Gasteiger partial charge in [0.05, 0.1) is 18.2 Å². The standard InChI is InChI=1S/C19H23N3O3/c1-12(2)8-13-9-14(25-21-13)11-20-19(24)16-10-18(23)22(3)17-7-5-4-6-15(16)17/h4-7,9,12,16H,8,10-11H2,1-3H3,(H,20,24)/t16-/m0/s1. The number of nitrogens with one attached hydrogen (secondary N) is 1. The lowest BCUT2D eigenvalue weighted by molar-refractivity contribution is -0.127. The van der Waals surface area contributed by atoms with Gasteiger partial charge >= 0.3 is 0 Å². The first-order valence-electron chi connectivity index (χ1n) is 8.53. The number of carbonyl (C=O) groups is 2. The highest BCUT2D eigenvalue weighted by Crippen LogP contribution is 2.35. The highest BCUT2D eigenvalue weighted by atomic mass is 16.5. The zero-order valence-corrected chi connectivity index (χ0v) is 14.8. The van der Waals surface area contributed by atoms with E-state index in [1.165, 1.54) is 0 Å². The third kappa shape index (κ3) is 3.73. The fourth-order valence-corrected chi connectivity index (χ4v) is 3.13. The van der Waals surface area contributed by atoms with Gasteiger partial charge in [0.15, 0.2) is 5.76 Å². The molecule has 1 aliphatic rings. The number of benzene rings is 1. The molecule has 0 bridgehead atoms. The van der Waals surface area contributed by atoms with Crippen LogP contribution in [0.25, 0.3) is 0 Å². The largest absolute Gasteiger partial charge is 0.359 e. The summed E-state index contributed by atoms with van der Waals surface area (Å²) in [6.07, 6.45) is 1.02. The van der Waals surface area contributed by atoms with Crippen molar-refractivity contribution in [2.75, 3.05) is 11.9 Å². The Morgan fingerprint density at radius 2 is 2.16 bits per heavy atom. The van der Waals surface area contributed by atoms with E-state index < -0.39 is 5.92 Å². The van der Waals surface area contributed by atoms with Gasteiger partial charge in [-0.1, -0.05) is 37.2 Å². The summed E-state index contributed by atoms with van der Waals surface area (Å²) >= 11 is 0. The Hall–Kier alpha value is -2.63. The number of aromatic nitrogens is 1. The molecule has 0 unspecified atom stereocenters. The Kier molecular flexibility index (Phi) is 4.88. The summed E-state index contributed by atoms with van der Waals surface area (Å²) in [5, 5.41) is 6.89. The van der Waals surface area contributed by atoms with Gasteiger partial charge in [0.2, 0.25) is 11.8 Å². The van der Waals surface area contributed by atoms with Crippen molar-refractivity contribution in [3.63, 3.8) is 0 Å². The van der Waals surface area contributed by atoms with Gasteiger partial charge in [0, 0.05) is 25.2 Å². The highest BCUT2D eigenvalue weighted by Gasteiger charge is 2.33. The van der Waals surface area contributed by atoms with E-state index >= 15 is 0 Å². The summed E-state index contributed by atoms with van der Waals surface area (Å²) in [6.45, 7) is 4.50. The second-order valence-electron chi connectivity index (χ2n) is 6.87. The van der Waals surface area contributed by atoms with Gasteiger partial charge in [0.1, 0.15) is 0 Å². The van der Waals surface area contributed by atoms with Crippen LogP contribution < -0.4 is 10.2 Å². The van der Waals surface area contributed by atoms with E-state index in [0.717, 1.165) is 23.4 Å². The summed E-state index contributed by atoms with van der Waals surface area (Å²) in [4.78, 5) is 26.4. The number of fused-ring (bicyclic) bond motifs is 1. The van der Waals surface area contributed by atoms with Gasteiger partial charge in [0.25, 0.3) is 0 Å². The van der Waals surface area contributed by atoms with Crippen molar-refractivity contribution in [2.45, 2.75) is 39.2 Å². The molecule has 1 aromatic heterocycles. The fraction of sp³-hybridized carbons (Fsp3) is 0.421. The SMILES string of the molecule is CC(C)Cc1cc(CNC(=O)[C@H]2CC(=O)N(C)c3ccccc32)on1. The van der Waals surface area contributed by atoms with Gasteiger partial charge in [-0.05, 0) is 24.0 Å². The Morgan fingerprint density at radius 3 is 2.92 bits per heavy atom. The third-order valence-corrected chi connectivity index (χ3v) is 4.40. The maximum absolute atomic E-state index is 12.6. The molecule has 0 aliphatic carbocycles. The van der Waals surface area contributed by atoms with Crippen LogP contribution in [0.2, 0.25) is 0 Å². The zero-order chi connectivity index (χ0) is 18.0. The Balaban J connectivity index is 1.68. The number of rotatable bonds is 5. The van der Waals surface area contributed by atoms with E-state index in [1.807, 2.05) is 30.3 Å². The summed E-state index contributed by atoms with van der Waals surface area (Å²) in [5.41, 5.74) is 2.55. The Morgan fingerprint density at radius 1 is 1.40 bits per heavy atom. The number of hydrogen-bond acceptors (Lipinski definition) is 4. The molecule has 0 spiro atoms. The molecule has 6 nitrogen and oxygen atoms in total. The summed E-state index contributed by atoms with van der Waals surface area (Å²) in [5.74, 6) is 0.414. The highest BCUT2D eigenvalue weighted by molar-refractivity contribution is 6.02. The molecule has 1 atom stereocenters. The first-order valence-corrected chi connectivity index (χ1v) is 8.53. The smallest absolute Gasteiger partial charge is 0.228 e. The molecular formula is C19H23N3O3. The lowest BCUT2D eigenvalue weighted by Crippen LogP contribution is -2.39. The quantitative estimate of drug-likeness (QED) is 0.907. The molecule has 1 aromatic carbocycles. The predicted octanol–water partition coefficient (Wildman–Crippen LogP) is 2.64. The molecule has 3 rings (SSSR count). The monoisotopic (exact) mass is 341 g/mol. The van der Waals surface area contributed by atoms with Crippen LogP contribution in [0.1, 0.15) is 43.2 Å². The molecule has 0 fully saturated rings. The lowest BCUT2D eigenvalue weighted by atomic mass is 9.89. The molecule has 2 aromatic rings. The van der Waals surface area contributed by atoms with Crippen molar-refractivity contribution < 1.29 is 14.1 Å². The van der Waals surface area contributed by atoms with E-state index in [4.69, 9.17) is 4.52 Å². The maximum atomic E-state index is 12.6. The van der Waals surface area contributed by atoms with Crippen LogP contribution in [0, 0.1) is 5.92 Å². The van der Waals surface area contributed by atoms with Crippen molar-refractivity contribution >= 4 is 17.5 Å². The maximum Gasteiger partial charge on any atom is 0.228 e. The van der Waals surface area contributed by atoms with Crippen molar-refractivity contribution in [1.82, 2.24) is 10.5 Å². The average molecular weight is 341 g/mol. The van der Waals surface area contributed by atoms with Crippen LogP contribution >= 0.6 is 0 Å². The van der Waals surface area contributed by atoms with Crippen LogP contribution in [0.4, 0.5) is 5.69 Å². The topological polar surface area (TPSA) is 75.4 Å². The van der Waals surface area contributed by atoms with Crippen molar-refractivity contribution in [3.05, 3.63) is 47.3 Å². The molecular weight excluding hydrogens is 318 g/mol. The van der Waals surface area contributed by atoms with Gasteiger partial charge in [-0.25, -0.2) is 0 Å². The number of hydrogen-bond donors (Lipinski definition) is 1. The van der Waals surface area contributed by atoms with Crippen LogP contribution in [-0.4, -0.2) is 24.0 Å². The first kappa shape index (κ1) is 17.2. The van der Waals surface area contributed by atoms with Crippen LogP contribution in [-0.2, 0) is 22.6 Å². The lowest BCUT2D eigenvalue weighted by Gasteiger charge is -2.30. The van der Waals surface area contributed by atoms with Gasteiger partial charge in [-0.15, -0.1) is 0 Å². The molecule has 132 valence electrons. The number of anilines is 1. The van der Waals surface area contributed by atoms with E-state index in [2.05, 4.69) is 24.3 Å². The van der Waals surface area contributed by atoms with Crippen LogP contribution in [0.15, 0.2) is 34.9 Å². The van der Waals surface area contributed by atoms with Crippen molar-refractivity contribution in [1.29, 1.82) is 0 Å². The number of para-hydroxylation sites is 1. The minimum atomic E-state index is -0.474. The normalized spacial score (nSPS) is 16.9. The molecule has 1 N–H and O–H groups in total. The van der Waals surface area contributed by atoms with Crippen LogP contribution in [0.5, 0.6) is 0 Å². The van der Waals surface area contributed by atoms with Crippen LogP contribution in [0.3, 0.4) is 0 Å². The van der Waals surface area contributed by atoms with Crippen molar-refractivity contribution in [3.8, 4) is 0 Å². The number of amides is 2. The second kappa shape index (κ2) is 7.09. The van der Waals surface area contributed by atoms with Crippen molar-refractivity contribution in [2.24, 2.45) is 5.92 Å². The minimum absolute atomic E-state index is 0.0577. The fourth-order valence-electron chi connectivity index (χ4n) is 3.13. The van der Waals surface area contributed by atoms with E-state index in [1.54, 1.807) is 11.9 Å². The molecule has 25 heavy (non-hydrogen) atoms. The van der Waals surface area contributed by atoms with E-state index in [9.17, 15) is 9.59 Å². The third-order valence-electron chi connectivity index (χ3n) is 4.40. The zero-order valence-electron chi connectivity index (χ0n) is 14.8. The Labute approximate surface area is 147 Å². The summed E-state index contributed by atoms with van der Waals surface area (Å²) < 4.78 is 5.27. The molecule has 1 aliphatic heterocycles. The van der Waals surface area contributed by atoms with E-state index in [-0.39, 0.29) is 24.8 Å². The summed E-state index contributed by atoms with van der Waals surface area (Å²) in [7, 11) is 1.74. The number of carbonyl (C=O) groups excluding carboxylic acids is 2. The molecule has 6 heteroatoms. The summed E-state index contributed by atoms with van der Waals surface area (Å²) in [6, 6.07) is 9.39. The Bertz CT molecular complexity index is 782. The van der Waals surface area contributed by atoms with E-state index in [0.29, 0.717) is 11.7 Å². The molecule has 2 heterocycles. The molecule has 0 saturated carbocycles. The molecule has 0 radical (unpaired) electrons. The number of nitrogens with zero attached hydrogens (tertiary/aromatic N) is 2. The molecule has 2 amide bonds.